The van der Waals surface area contributed by atoms with Crippen LogP contribution in [0.25, 0.3) is 0 Å². The molecule has 0 aromatic carbocycles. The van der Waals surface area contributed by atoms with Crippen LogP contribution in [-0.4, -0.2) is 42.3 Å². The minimum atomic E-state index is -0.835. The third-order valence-corrected chi connectivity index (χ3v) is 2.12. The van der Waals surface area contributed by atoms with Crippen LogP contribution in [0.5, 0.6) is 0 Å². The Morgan fingerprint density at radius 2 is 2.33 bits per heavy atom. The van der Waals surface area contributed by atoms with Gasteiger partial charge in [-0.25, -0.2) is 4.79 Å². The SMILES string of the molecule is CN(C(=O)O)[C@@H]1CCCNC1.Cl. The first-order valence-electron chi connectivity index (χ1n) is 3.88. The number of rotatable bonds is 1. The van der Waals surface area contributed by atoms with Crippen molar-refractivity contribution in [1.82, 2.24) is 10.2 Å². The van der Waals surface area contributed by atoms with Crippen LogP contribution in [0.2, 0.25) is 0 Å². The van der Waals surface area contributed by atoms with Crippen molar-refractivity contribution in [2.45, 2.75) is 18.9 Å². The molecule has 1 saturated heterocycles. The Hall–Kier alpha value is -0.480. The fourth-order valence-corrected chi connectivity index (χ4v) is 1.32. The van der Waals surface area contributed by atoms with Gasteiger partial charge in [0.25, 0.3) is 0 Å². The molecule has 1 fully saturated rings. The van der Waals surface area contributed by atoms with Crippen molar-refractivity contribution in [2.75, 3.05) is 20.1 Å². The Morgan fingerprint density at radius 1 is 1.67 bits per heavy atom. The number of hydrogen-bond donors (Lipinski definition) is 2. The number of nitrogens with zero attached hydrogens (tertiary/aromatic N) is 1. The summed E-state index contributed by atoms with van der Waals surface area (Å²) in [5.74, 6) is 0. The maximum atomic E-state index is 10.5. The number of hydrogen-bond acceptors (Lipinski definition) is 2. The number of amides is 1. The first-order valence-corrected chi connectivity index (χ1v) is 3.88. The van der Waals surface area contributed by atoms with E-state index in [1.165, 1.54) is 4.90 Å². The van der Waals surface area contributed by atoms with Crippen molar-refractivity contribution in [3.05, 3.63) is 0 Å². The second kappa shape index (κ2) is 5.22. The van der Waals surface area contributed by atoms with E-state index in [4.69, 9.17) is 5.11 Å². The van der Waals surface area contributed by atoms with Crippen molar-refractivity contribution < 1.29 is 9.90 Å². The van der Waals surface area contributed by atoms with E-state index in [-0.39, 0.29) is 18.4 Å². The van der Waals surface area contributed by atoms with Crippen molar-refractivity contribution in [2.24, 2.45) is 0 Å². The van der Waals surface area contributed by atoms with E-state index in [9.17, 15) is 4.79 Å². The van der Waals surface area contributed by atoms with Gasteiger partial charge in [0, 0.05) is 19.6 Å². The molecule has 0 radical (unpaired) electrons. The van der Waals surface area contributed by atoms with Gasteiger partial charge in [-0.15, -0.1) is 12.4 Å². The standard InChI is InChI=1S/C7H14N2O2.ClH/c1-9(7(10)11)6-3-2-4-8-5-6;/h6,8H,2-5H2,1H3,(H,10,11);1H/t6-;/m1./s1. The van der Waals surface area contributed by atoms with Crippen LogP contribution in [0.15, 0.2) is 0 Å². The van der Waals surface area contributed by atoms with Gasteiger partial charge >= 0.3 is 6.09 Å². The molecule has 1 amide bonds. The van der Waals surface area contributed by atoms with Gasteiger partial charge in [0.15, 0.2) is 0 Å². The normalized spacial score (nSPS) is 22.6. The van der Waals surface area contributed by atoms with Crippen LogP contribution >= 0.6 is 12.4 Å². The molecule has 5 heteroatoms. The molecule has 0 unspecified atom stereocenters. The van der Waals surface area contributed by atoms with Crippen LogP contribution in [0.3, 0.4) is 0 Å². The van der Waals surface area contributed by atoms with Gasteiger partial charge in [0.05, 0.1) is 0 Å². The van der Waals surface area contributed by atoms with Crippen LogP contribution in [0.4, 0.5) is 4.79 Å². The van der Waals surface area contributed by atoms with E-state index >= 15 is 0 Å². The lowest BCUT2D eigenvalue weighted by atomic mass is 10.1. The number of piperidine rings is 1. The predicted octanol–water partition coefficient (Wildman–Crippen LogP) is 0.770. The van der Waals surface area contributed by atoms with E-state index in [1.807, 2.05) is 0 Å². The number of nitrogens with one attached hydrogen (secondary N) is 1. The zero-order valence-electron chi connectivity index (χ0n) is 7.12. The first kappa shape index (κ1) is 11.5. The van der Waals surface area contributed by atoms with Crippen molar-refractivity contribution in [3.8, 4) is 0 Å². The summed E-state index contributed by atoms with van der Waals surface area (Å²) in [5, 5.41) is 11.8. The van der Waals surface area contributed by atoms with Gasteiger partial charge in [-0.05, 0) is 19.4 Å². The lowest BCUT2D eigenvalue weighted by Crippen LogP contribution is -2.46. The predicted molar refractivity (Wildman–Crippen MR) is 48.9 cm³/mol. The zero-order chi connectivity index (χ0) is 8.27. The smallest absolute Gasteiger partial charge is 0.407 e. The van der Waals surface area contributed by atoms with Gasteiger partial charge in [-0.1, -0.05) is 0 Å². The molecule has 1 atom stereocenters. The van der Waals surface area contributed by atoms with Crippen LogP contribution < -0.4 is 5.32 Å². The number of carboxylic acid groups (broad SMARTS) is 1. The summed E-state index contributed by atoms with van der Waals surface area (Å²) >= 11 is 0. The minimum absolute atomic E-state index is 0. The molecule has 0 aliphatic carbocycles. The third-order valence-electron chi connectivity index (χ3n) is 2.12. The maximum Gasteiger partial charge on any atom is 0.407 e. The van der Waals surface area contributed by atoms with Crippen molar-refractivity contribution in [3.63, 3.8) is 0 Å². The largest absolute Gasteiger partial charge is 0.465 e. The molecule has 0 spiro atoms. The average Bonchev–Trinajstić information content (AvgIpc) is 2.05. The molecule has 72 valence electrons. The van der Waals surface area contributed by atoms with Gasteiger partial charge in [-0.2, -0.15) is 0 Å². The number of halogens is 1. The summed E-state index contributed by atoms with van der Waals surface area (Å²) in [6.45, 7) is 1.81. The molecule has 1 rings (SSSR count). The number of carbonyl (C=O) groups is 1. The Kier molecular flexibility index (Phi) is 5.01. The van der Waals surface area contributed by atoms with E-state index in [1.54, 1.807) is 7.05 Å². The lowest BCUT2D eigenvalue weighted by molar-refractivity contribution is 0.130. The van der Waals surface area contributed by atoms with Crippen LogP contribution in [0, 0.1) is 0 Å². The molecule has 0 saturated carbocycles. The lowest BCUT2D eigenvalue weighted by Gasteiger charge is -2.29. The molecule has 0 aromatic heterocycles. The van der Waals surface area contributed by atoms with E-state index < -0.39 is 6.09 Å². The van der Waals surface area contributed by atoms with Crippen LogP contribution in [0.1, 0.15) is 12.8 Å². The highest BCUT2D eigenvalue weighted by Crippen LogP contribution is 2.07. The maximum absolute atomic E-state index is 10.5. The Balaban J connectivity index is 0.00000121. The molecule has 0 bridgehead atoms. The molecule has 2 N–H and O–H groups in total. The second-order valence-corrected chi connectivity index (χ2v) is 2.89. The summed E-state index contributed by atoms with van der Waals surface area (Å²) < 4.78 is 0. The average molecular weight is 195 g/mol. The van der Waals surface area contributed by atoms with Gasteiger partial charge in [0.1, 0.15) is 0 Å². The molecule has 12 heavy (non-hydrogen) atoms. The highest BCUT2D eigenvalue weighted by molar-refractivity contribution is 5.85. The summed E-state index contributed by atoms with van der Waals surface area (Å²) in [7, 11) is 1.62. The first-order chi connectivity index (χ1) is 5.22. The summed E-state index contributed by atoms with van der Waals surface area (Å²) in [6.07, 6.45) is 1.22. The molecule has 1 heterocycles. The van der Waals surface area contributed by atoms with Gasteiger partial charge in [0.2, 0.25) is 0 Å². The van der Waals surface area contributed by atoms with Gasteiger partial charge < -0.3 is 15.3 Å². The van der Waals surface area contributed by atoms with E-state index in [2.05, 4.69) is 5.32 Å². The molecule has 1 aliphatic heterocycles. The highest BCUT2D eigenvalue weighted by atomic mass is 35.5. The number of likely N-dealkylation sites (N-methyl/N-ethyl adjacent to an activating group) is 1. The minimum Gasteiger partial charge on any atom is -0.465 e. The fourth-order valence-electron chi connectivity index (χ4n) is 1.32. The summed E-state index contributed by atoms with van der Waals surface area (Å²) in [6, 6.07) is 0.168. The van der Waals surface area contributed by atoms with E-state index in [0.29, 0.717) is 0 Å². The molecule has 4 nitrogen and oxygen atoms in total. The fraction of sp³-hybridized carbons (Fsp3) is 0.857. The Bertz CT molecular complexity index is 148. The Morgan fingerprint density at radius 3 is 2.75 bits per heavy atom. The molecular weight excluding hydrogens is 180 g/mol. The molecular formula is C7H15ClN2O2. The monoisotopic (exact) mass is 194 g/mol. The van der Waals surface area contributed by atoms with Crippen LogP contribution in [-0.2, 0) is 0 Å². The van der Waals surface area contributed by atoms with Gasteiger partial charge in [-0.3, -0.25) is 0 Å². The van der Waals surface area contributed by atoms with E-state index in [0.717, 1.165) is 25.9 Å². The molecule has 0 aromatic rings. The van der Waals surface area contributed by atoms with Crippen molar-refractivity contribution >= 4 is 18.5 Å². The third kappa shape index (κ3) is 2.87. The second-order valence-electron chi connectivity index (χ2n) is 2.89. The Labute approximate surface area is 78.3 Å². The zero-order valence-corrected chi connectivity index (χ0v) is 7.93. The molecule has 1 aliphatic rings. The summed E-state index contributed by atoms with van der Waals surface area (Å²) in [5.41, 5.74) is 0. The topological polar surface area (TPSA) is 52.6 Å². The van der Waals surface area contributed by atoms with Crippen molar-refractivity contribution in [1.29, 1.82) is 0 Å². The summed E-state index contributed by atoms with van der Waals surface area (Å²) in [4.78, 5) is 11.9. The quantitative estimate of drug-likeness (QED) is 0.649. The highest BCUT2D eigenvalue weighted by Gasteiger charge is 2.20.